The third-order valence-corrected chi connectivity index (χ3v) is 4.07. The molecule has 7 heteroatoms. The first-order valence-electron chi connectivity index (χ1n) is 7.59. The van der Waals surface area contributed by atoms with E-state index in [2.05, 4.69) is 19.0 Å². The number of morpholine rings is 1. The molecule has 1 aromatic rings. The van der Waals surface area contributed by atoms with Crippen LogP contribution in [0.5, 0.6) is 0 Å². The van der Waals surface area contributed by atoms with Crippen LogP contribution in [0.1, 0.15) is 30.1 Å². The van der Waals surface area contributed by atoms with Gasteiger partial charge in [-0.05, 0) is 12.8 Å². The molecule has 0 aliphatic carbocycles. The number of fused-ring (bicyclic) bond motifs is 1. The molecule has 22 heavy (non-hydrogen) atoms. The van der Waals surface area contributed by atoms with Crippen molar-refractivity contribution in [3.63, 3.8) is 0 Å². The summed E-state index contributed by atoms with van der Waals surface area (Å²) in [6.45, 7) is 7.65. The van der Waals surface area contributed by atoms with Crippen molar-refractivity contribution in [2.45, 2.75) is 32.9 Å². The Bertz CT molecular complexity index is 583. The lowest BCUT2D eigenvalue weighted by Gasteiger charge is -2.37. The summed E-state index contributed by atoms with van der Waals surface area (Å²) in [6.07, 6.45) is -0.117. The number of hydrogen-bond donors (Lipinski definition) is 0. The van der Waals surface area contributed by atoms with E-state index >= 15 is 0 Å². The molecule has 1 aromatic heterocycles. The van der Waals surface area contributed by atoms with Crippen molar-refractivity contribution in [3.05, 3.63) is 17.5 Å². The van der Waals surface area contributed by atoms with Gasteiger partial charge in [0, 0.05) is 25.7 Å². The van der Waals surface area contributed by atoms with Gasteiger partial charge in [-0.1, -0.05) is 19.0 Å². The number of nitrogens with zero attached hydrogens (tertiary/aromatic N) is 3. The summed E-state index contributed by atoms with van der Waals surface area (Å²) in [6, 6.07) is 1.56. The number of amides is 2. The van der Waals surface area contributed by atoms with Gasteiger partial charge >= 0.3 is 0 Å². The highest BCUT2D eigenvalue weighted by Crippen LogP contribution is 2.25. The van der Waals surface area contributed by atoms with E-state index < -0.39 is 0 Å². The van der Waals surface area contributed by atoms with Crippen LogP contribution >= 0.6 is 0 Å². The molecule has 2 fully saturated rings. The third-order valence-electron chi connectivity index (χ3n) is 4.07. The number of rotatable bonds is 3. The lowest BCUT2D eigenvalue weighted by atomic mass is 10.1. The molecule has 0 aromatic carbocycles. The fourth-order valence-corrected chi connectivity index (χ4v) is 3.09. The number of likely N-dealkylation sites (tertiary alicyclic amines) is 1. The normalized spacial score (nSPS) is 25.0. The highest BCUT2D eigenvalue weighted by molar-refractivity contribution is 5.92. The summed E-state index contributed by atoms with van der Waals surface area (Å²) < 4.78 is 10.6. The largest absolute Gasteiger partial charge is 0.364 e. The SMILES string of the molecule is Cc1cc(C(=O)N2C[C@@H]3OCC(=O)N(CC(C)C)[C@H]3C2)no1. The van der Waals surface area contributed by atoms with Gasteiger partial charge in [-0.3, -0.25) is 9.59 Å². The monoisotopic (exact) mass is 307 g/mol. The first-order chi connectivity index (χ1) is 10.5. The second-order valence-corrected chi connectivity index (χ2v) is 6.39. The van der Waals surface area contributed by atoms with Crippen molar-refractivity contribution >= 4 is 11.8 Å². The summed E-state index contributed by atoms with van der Waals surface area (Å²) in [7, 11) is 0. The zero-order valence-electron chi connectivity index (χ0n) is 13.1. The average Bonchev–Trinajstić information content (AvgIpc) is 3.07. The minimum absolute atomic E-state index is 0.00142. The van der Waals surface area contributed by atoms with E-state index in [0.717, 1.165) is 0 Å². The molecule has 0 spiro atoms. The van der Waals surface area contributed by atoms with Crippen LogP contribution in [0.15, 0.2) is 10.6 Å². The maximum absolute atomic E-state index is 12.5. The minimum atomic E-state index is -0.174. The smallest absolute Gasteiger partial charge is 0.276 e. The molecule has 2 aliphatic rings. The minimum Gasteiger partial charge on any atom is -0.364 e. The summed E-state index contributed by atoms with van der Waals surface area (Å²) in [5, 5.41) is 3.77. The molecular formula is C15H21N3O4. The Morgan fingerprint density at radius 3 is 2.86 bits per heavy atom. The second-order valence-electron chi connectivity index (χ2n) is 6.39. The van der Waals surface area contributed by atoms with E-state index in [1.807, 2.05) is 4.90 Å². The van der Waals surface area contributed by atoms with E-state index in [0.29, 0.717) is 37.0 Å². The van der Waals surface area contributed by atoms with Gasteiger partial charge < -0.3 is 19.1 Å². The quantitative estimate of drug-likeness (QED) is 0.821. The van der Waals surface area contributed by atoms with Crippen LogP contribution in [0.4, 0.5) is 0 Å². The Labute approximate surface area is 129 Å². The zero-order chi connectivity index (χ0) is 15.9. The van der Waals surface area contributed by atoms with Gasteiger partial charge in [-0.2, -0.15) is 0 Å². The van der Waals surface area contributed by atoms with Crippen LogP contribution in [-0.2, 0) is 9.53 Å². The Morgan fingerprint density at radius 2 is 2.23 bits per heavy atom. The fourth-order valence-electron chi connectivity index (χ4n) is 3.09. The molecule has 120 valence electrons. The van der Waals surface area contributed by atoms with Gasteiger partial charge in [-0.15, -0.1) is 0 Å². The van der Waals surface area contributed by atoms with E-state index in [9.17, 15) is 9.59 Å². The Balaban J connectivity index is 1.74. The van der Waals surface area contributed by atoms with Crippen molar-refractivity contribution in [3.8, 4) is 0 Å². The van der Waals surface area contributed by atoms with Crippen molar-refractivity contribution in [1.82, 2.24) is 15.0 Å². The summed E-state index contributed by atoms with van der Waals surface area (Å²) in [4.78, 5) is 28.1. The molecule has 3 rings (SSSR count). The zero-order valence-corrected chi connectivity index (χ0v) is 13.1. The first kappa shape index (κ1) is 15.0. The second kappa shape index (κ2) is 5.72. The predicted molar refractivity (Wildman–Crippen MR) is 77.2 cm³/mol. The molecule has 0 N–H and O–H groups in total. The number of ether oxygens (including phenoxy) is 1. The van der Waals surface area contributed by atoms with E-state index in [-0.39, 0.29) is 30.6 Å². The van der Waals surface area contributed by atoms with Crippen LogP contribution in [0.3, 0.4) is 0 Å². The Morgan fingerprint density at radius 1 is 1.45 bits per heavy atom. The number of aromatic nitrogens is 1. The Hall–Kier alpha value is -1.89. The highest BCUT2D eigenvalue weighted by atomic mass is 16.5. The third kappa shape index (κ3) is 2.72. The van der Waals surface area contributed by atoms with Crippen molar-refractivity contribution in [2.24, 2.45) is 5.92 Å². The molecule has 2 saturated heterocycles. The first-order valence-corrected chi connectivity index (χ1v) is 7.59. The lowest BCUT2D eigenvalue weighted by Crippen LogP contribution is -2.55. The number of aryl methyl sites for hydroxylation is 1. The van der Waals surface area contributed by atoms with Crippen LogP contribution in [0.25, 0.3) is 0 Å². The van der Waals surface area contributed by atoms with Gasteiger partial charge in [0.1, 0.15) is 12.4 Å². The number of carbonyl (C=O) groups is 2. The predicted octanol–water partition coefficient (Wildman–Crippen LogP) is 0.691. The maximum atomic E-state index is 12.5. The van der Waals surface area contributed by atoms with Crippen molar-refractivity contribution in [1.29, 1.82) is 0 Å². The van der Waals surface area contributed by atoms with E-state index in [1.165, 1.54) is 0 Å². The summed E-state index contributed by atoms with van der Waals surface area (Å²) >= 11 is 0. The summed E-state index contributed by atoms with van der Waals surface area (Å²) in [5.74, 6) is 0.812. The van der Waals surface area contributed by atoms with E-state index in [1.54, 1.807) is 17.9 Å². The van der Waals surface area contributed by atoms with Crippen LogP contribution in [0, 0.1) is 12.8 Å². The van der Waals surface area contributed by atoms with E-state index in [4.69, 9.17) is 9.26 Å². The van der Waals surface area contributed by atoms with Crippen LogP contribution in [0.2, 0.25) is 0 Å². The molecule has 0 saturated carbocycles. The molecule has 7 nitrogen and oxygen atoms in total. The topological polar surface area (TPSA) is 75.9 Å². The van der Waals surface area contributed by atoms with Gasteiger partial charge in [-0.25, -0.2) is 0 Å². The molecule has 2 atom stereocenters. The van der Waals surface area contributed by atoms with Gasteiger partial charge in [0.15, 0.2) is 5.69 Å². The molecule has 0 bridgehead atoms. The highest BCUT2D eigenvalue weighted by Gasteiger charge is 2.45. The number of hydrogen-bond acceptors (Lipinski definition) is 5. The van der Waals surface area contributed by atoms with Crippen LogP contribution < -0.4 is 0 Å². The molecule has 2 aliphatic heterocycles. The van der Waals surface area contributed by atoms with Crippen LogP contribution in [-0.4, -0.2) is 65.2 Å². The average molecular weight is 307 g/mol. The molecule has 2 amide bonds. The molecule has 0 radical (unpaired) electrons. The van der Waals surface area contributed by atoms with Crippen molar-refractivity contribution < 1.29 is 18.8 Å². The summed E-state index contributed by atoms with van der Waals surface area (Å²) in [5.41, 5.74) is 0.304. The van der Waals surface area contributed by atoms with Crippen molar-refractivity contribution in [2.75, 3.05) is 26.2 Å². The molecule has 0 unspecified atom stereocenters. The number of carbonyl (C=O) groups excluding carboxylic acids is 2. The maximum Gasteiger partial charge on any atom is 0.276 e. The molecular weight excluding hydrogens is 286 g/mol. The lowest BCUT2D eigenvalue weighted by molar-refractivity contribution is -0.153. The van der Waals surface area contributed by atoms with Gasteiger partial charge in [0.25, 0.3) is 5.91 Å². The Kier molecular flexibility index (Phi) is 3.90. The molecule has 3 heterocycles. The fraction of sp³-hybridized carbons (Fsp3) is 0.667. The van der Waals surface area contributed by atoms with Gasteiger partial charge in [0.05, 0.1) is 12.1 Å². The van der Waals surface area contributed by atoms with Gasteiger partial charge in [0.2, 0.25) is 5.91 Å². The standard InChI is InChI=1S/C15H21N3O4/c1-9(2)5-18-12-6-17(7-13(12)21-8-14(18)19)15(20)11-4-10(3)22-16-11/h4,9,12-13H,5-8H2,1-3H3/t12-,13-/m0/s1.